The summed E-state index contributed by atoms with van der Waals surface area (Å²) in [7, 11) is 5.45. The molecule has 0 aliphatic heterocycles. The molecule has 0 aliphatic carbocycles. The number of hydrogen-bond acceptors (Lipinski definition) is 2. The van der Waals surface area contributed by atoms with Crippen molar-refractivity contribution >= 4 is 29.3 Å². The Bertz CT molecular complexity index is 645. The van der Waals surface area contributed by atoms with Crippen LogP contribution in [0.4, 0.5) is 23.7 Å². The first kappa shape index (κ1) is 21.0. The highest BCUT2D eigenvalue weighted by atomic mass is 35.5. The number of likely N-dealkylation sites (N-methyl/N-ethyl adjacent to an activating group) is 1. The molecule has 0 aliphatic rings. The van der Waals surface area contributed by atoms with Crippen molar-refractivity contribution in [3.63, 3.8) is 0 Å². The Morgan fingerprint density at radius 3 is 2.36 bits per heavy atom. The smallest absolute Gasteiger partial charge is 0.416 e. The maximum Gasteiger partial charge on any atom is 0.416 e. The van der Waals surface area contributed by atoms with Gasteiger partial charge in [0.2, 0.25) is 0 Å². The summed E-state index contributed by atoms with van der Waals surface area (Å²) in [5.41, 5.74) is -1.17. The van der Waals surface area contributed by atoms with E-state index in [2.05, 4.69) is 10.6 Å². The molecule has 25 heavy (non-hydrogen) atoms. The van der Waals surface area contributed by atoms with E-state index in [1.807, 2.05) is 21.1 Å². The normalized spacial score (nSPS) is 13.2. The number of rotatable bonds is 6. The number of nitrogens with one attached hydrogen (secondary N) is 2. The molecule has 0 radical (unpaired) electrons. The predicted molar refractivity (Wildman–Crippen MR) is 87.5 cm³/mol. The van der Waals surface area contributed by atoms with Crippen molar-refractivity contribution in [3.05, 3.63) is 28.8 Å². The second-order valence-corrected chi connectivity index (χ2v) is 6.97. The van der Waals surface area contributed by atoms with E-state index in [0.29, 0.717) is 17.1 Å². The predicted octanol–water partition coefficient (Wildman–Crippen LogP) is 3.03. The van der Waals surface area contributed by atoms with Crippen LogP contribution in [0.2, 0.25) is 5.02 Å². The third kappa shape index (κ3) is 7.61. The van der Waals surface area contributed by atoms with Crippen LogP contribution in [-0.2, 0) is 11.0 Å². The Morgan fingerprint density at radius 2 is 1.88 bits per heavy atom. The fraction of sp³-hybridized carbons (Fsp3) is 0.467. The molecule has 3 N–H and O–H groups in total. The summed E-state index contributed by atoms with van der Waals surface area (Å²) in [6, 6.07) is 1.01. The minimum atomic E-state index is -4.58. The first-order valence-electron chi connectivity index (χ1n) is 7.24. The third-order valence-electron chi connectivity index (χ3n) is 3.07. The molecule has 140 valence electrons. The minimum Gasteiger partial charge on any atom is -0.481 e. The molecule has 6 nitrogen and oxygen atoms in total. The number of urea groups is 1. The van der Waals surface area contributed by atoms with Crippen LogP contribution in [0.5, 0.6) is 0 Å². The largest absolute Gasteiger partial charge is 0.481 e. The Morgan fingerprint density at radius 1 is 1.28 bits per heavy atom. The van der Waals surface area contributed by atoms with Crippen molar-refractivity contribution in [2.45, 2.75) is 18.6 Å². The fourth-order valence-corrected chi connectivity index (χ4v) is 2.34. The summed E-state index contributed by atoms with van der Waals surface area (Å²) in [5.74, 6) is -1.10. The zero-order valence-corrected chi connectivity index (χ0v) is 14.7. The van der Waals surface area contributed by atoms with Gasteiger partial charge in [0.15, 0.2) is 0 Å². The molecule has 1 atom stereocenters. The summed E-state index contributed by atoms with van der Waals surface area (Å²) in [6.45, 7) is 0.316. The summed E-state index contributed by atoms with van der Waals surface area (Å²) >= 11 is 5.81. The van der Waals surface area contributed by atoms with E-state index in [-0.39, 0.29) is 17.1 Å². The average molecular weight is 383 g/mol. The van der Waals surface area contributed by atoms with Crippen LogP contribution in [0.1, 0.15) is 12.0 Å². The number of anilines is 1. The van der Waals surface area contributed by atoms with Gasteiger partial charge in [-0.05, 0) is 18.2 Å². The van der Waals surface area contributed by atoms with Crippen molar-refractivity contribution in [1.29, 1.82) is 0 Å². The number of halogens is 4. The molecular weight excluding hydrogens is 363 g/mol. The number of nitrogens with zero attached hydrogens (tertiary/aromatic N) is 1. The summed E-state index contributed by atoms with van der Waals surface area (Å²) in [4.78, 5) is 23.0. The highest BCUT2D eigenvalue weighted by Crippen LogP contribution is 2.33. The SMILES string of the molecule is C[N+](C)(C)CC(CC(=O)O)NC(=O)Nc1cc(C(F)(F)F)ccc1Cl. The van der Waals surface area contributed by atoms with E-state index in [0.717, 1.165) is 12.1 Å². The van der Waals surface area contributed by atoms with Crippen molar-refractivity contribution in [3.8, 4) is 0 Å². The molecular formula is C15H20ClF3N3O3+. The van der Waals surface area contributed by atoms with Crippen LogP contribution >= 0.6 is 11.6 Å². The Hall–Kier alpha value is -2.00. The number of benzene rings is 1. The summed E-state index contributed by atoms with van der Waals surface area (Å²) < 4.78 is 38.6. The van der Waals surface area contributed by atoms with Crippen LogP contribution < -0.4 is 10.6 Å². The second kappa shape index (κ2) is 7.92. The molecule has 10 heteroatoms. The average Bonchev–Trinajstić information content (AvgIpc) is 2.36. The second-order valence-electron chi connectivity index (χ2n) is 6.56. The number of quaternary nitrogens is 1. The van der Waals surface area contributed by atoms with Crippen LogP contribution in [0, 0.1) is 0 Å². The lowest BCUT2D eigenvalue weighted by Crippen LogP contribution is -2.50. The molecule has 0 saturated heterocycles. The van der Waals surface area contributed by atoms with E-state index >= 15 is 0 Å². The van der Waals surface area contributed by atoms with Crippen LogP contribution in [0.25, 0.3) is 0 Å². The van der Waals surface area contributed by atoms with Crippen LogP contribution in [0.15, 0.2) is 18.2 Å². The molecule has 1 aromatic rings. The van der Waals surface area contributed by atoms with Gasteiger partial charge in [-0.3, -0.25) is 4.79 Å². The topological polar surface area (TPSA) is 78.4 Å². The standard InChI is InChI=1S/C15H19ClF3N3O3/c1-22(2,3)8-10(7-13(23)24)20-14(25)21-12-6-9(15(17,18)19)4-5-11(12)16/h4-6,10H,7-8H2,1-3H3,(H2-,20,21,23,24,25)/p+1. The molecule has 0 heterocycles. The number of hydrogen-bond donors (Lipinski definition) is 3. The molecule has 0 aromatic heterocycles. The molecule has 0 bridgehead atoms. The first-order chi connectivity index (χ1) is 11.3. The van der Waals surface area contributed by atoms with Gasteiger partial charge < -0.3 is 20.2 Å². The van der Waals surface area contributed by atoms with Gasteiger partial charge in [0.1, 0.15) is 0 Å². The molecule has 1 unspecified atom stereocenters. The van der Waals surface area contributed by atoms with Crippen molar-refractivity contribution < 1.29 is 32.3 Å². The van der Waals surface area contributed by atoms with E-state index in [1.54, 1.807) is 0 Å². The van der Waals surface area contributed by atoms with Crippen molar-refractivity contribution in [2.75, 3.05) is 33.0 Å². The summed E-state index contributed by atoms with van der Waals surface area (Å²) in [5, 5.41) is 13.5. The molecule has 1 rings (SSSR count). The minimum absolute atomic E-state index is 0.0652. The molecule has 0 saturated carbocycles. The van der Waals surface area contributed by atoms with Gasteiger partial charge in [-0.2, -0.15) is 13.2 Å². The van der Waals surface area contributed by atoms with Gasteiger partial charge in [0, 0.05) is 0 Å². The lowest BCUT2D eigenvalue weighted by Gasteiger charge is -2.29. The maximum atomic E-state index is 12.7. The summed E-state index contributed by atoms with van der Waals surface area (Å²) in [6.07, 6.45) is -4.90. The third-order valence-corrected chi connectivity index (χ3v) is 3.40. The zero-order valence-electron chi connectivity index (χ0n) is 13.9. The van der Waals surface area contributed by atoms with E-state index in [1.165, 1.54) is 0 Å². The van der Waals surface area contributed by atoms with Crippen molar-refractivity contribution in [2.24, 2.45) is 0 Å². The van der Waals surface area contributed by atoms with E-state index < -0.39 is 29.8 Å². The molecule has 0 fully saturated rings. The monoisotopic (exact) mass is 382 g/mol. The van der Waals surface area contributed by atoms with Gasteiger partial charge in [-0.25, -0.2) is 4.79 Å². The number of amides is 2. The molecule has 0 spiro atoms. The van der Waals surface area contributed by atoms with Gasteiger partial charge in [-0.15, -0.1) is 0 Å². The number of aliphatic carboxylic acids is 1. The Kier molecular flexibility index (Phi) is 6.67. The first-order valence-corrected chi connectivity index (χ1v) is 7.62. The number of carbonyl (C=O) groups is 2. The molecule has 1 aromatic carbocycles. The van der Waals surface area contributed by atoms with Gasteiger partial charge in [0.05, 0.1) is 56.4 Å². The van der Waals surface area contributed by atoms with E-state index in [9.17, 15) is 22.8 Å². The molecule has 2 amide bonds. The zero-order chi connectivity index (χ0) is 19.4. The number of alkyl halides is 3. The highest BCUT2D eigenvalue weighted by molar-refractivity contribution is 6.33. The highest BCUT2D eigenvalue weighted by Gasteiger charge is 2.31. The lowest BCUT2D eigenvalue weighted by atomic mass is 10.2. The van der Waals surface area contributed by atoms with Gasteiger partial charge >= 0.3 is 18.2 Å². The number of carboxylic acids is 1. The lowest BCUT2D eigenvalue weighted by molar-refractivity contribution is -0.871. The van der Waals surface area contributed by atoms with Crippen molar-refractivity contribution in [1.82, 2.24) is 5.32 Å². The van der Waals surface area contributed by atoms with Gasteiger partial charge in [-0.1, -0.05) is 11.6 Å². The Labute approximate surface area is 148 Å². The number of carboxylic acid groups (broad SMARTS) is 1. The van der Waals surface area contributed by atoms with E-state index in [4.69, 9.17) is 16.7 Å². The maximum absolute atomic E-state index is 12.7. The number of carbonyl (C=O) groups excluding carboxylic acids is 1. The fourth-order valence-electron chi connectivity index (χ4n) is 2.17. The Balaban J connectivity index is 2.88. The van der Waals surface area contributed by atoms with Crippen LogP contribution in [0.3, 0.4) is 0 Å². The quantitative estimate of drug-likeness (QED) is 0.662. The van der Waals surface area contributed by atoms with Crippen LogP contribution in [-0.4, -0.2) is 55.3 Å². The van der Waals surface area contributed by atoms with Gasteiger partial charge in [0.25, 0.3) is 0 Å².